The van der Waals surface area contributed by atoms with Gasteiger partial charge in [0.05, 0.1) is 11.7 Å². The second kappa shape index (κ2) is 7.02. The molecule has 0 radical (unpaired) electrons. The van der Waals surface area contributed by atoms with Gasteiger partial charge in [0.1, 0.15) is 0 Å². The van der Waals surface area contributed by atoms with Crippen molar-refractivity contribution in [1.82, 2.24) is 4.90 Å². The van der Waals surface area contributed by atoms with E-state index in [2.05, 4.69) is 11.8 Å². The van der Waals surface area contributed by atoms with Crippen LogP contribution in [-0.4, -0.2) is 54.5 Å². The van der Waals surface area contributed by atoms with Crippen LogP contribution in [-0.2, 0) is 4.74 Å². The van der Waals surface area contributed by atoms with E-state index in [1.165, 1.54) is 0 Å². The van der Waals surface area contributed by atoms with Crippen LogP contribution in [0.25, 0.3) is 0 Å². The lowest BCUT2D eigenvalue weighted by Crippen LogP contribution is -2.43. The van der Waals surface area contributed by atoms with Gasteiger partial charge in [0.15, 0.2) is 0 Å². The minimum atomic E-state index is -0.580. The molecule has 0 aromatic rings. The highest BCUT2D eigenvalue weighted by molar-refractivity contribution is 4.93. The van der Waals surface area contributed by atoms with Crippen LogP contribution in [0.1, 0.15) is 45.4 Å². The predicted molar refractivity (Wildman–Crippen MR) is 77.1 cm³/mol. The molecule has 2 unspecified atom stereocenters. The lowest BCUT2D eigenvalue weighted by molar-refractivity contribution is -0.00582. The van der Waals surface area contributed by atoms with Gasteiger partial charge in [-0.1, -0.05) is 6.42 Å². The topological polar surface area (TPSA) is 58.7 Å². The van der Waals surface area contributed by atoms with Gasteiger partial charge in [-0.3, -0.25) is 0 Å². The van der Waals surface area contributed by atoms with E-state index >= 15 is 0 Å². The molecule has 1 heterocycles. The number of aliphatic hydroxyl groups is 1. The lowest BCUT2D eigenvalue weighted by atomic mass is 9.88. The van der Waals surface area contributed by atoms with Crippen LogP contribution in [0.4, 0.5) is 0 Å². The fourth-order valence-corrected chi connectivity index (χ4v) is 3.68. The summed E-state index contributed by atoms with van der Waals surface area (Å²) in [6, 6.07) is 0. The largest absolute Gasteiger partial charge is 0.388 e. The standard InChI is InChI=1S/C15H30N2O2/c1-2-19-14-6-10-17(11-7-14)9-5-13-4-3-8-15(13,18)12-16/h13-14,18H,2-12,16H2,1H3. The van der Waals surface area contributed by atoms with Gasteiger partial charge >= 0.3 is 0 Å². The molecule has 2 aliphatic rings. The molecule has 2 rings (SSSR count). The van der Waals surface area contributed by atoms with Crippen molar-refractivity contribution < 1.29 is 9.84 Å². The van der Waals surface area contributed by atoms with Gasteiger partial charge in [0, 0.05) is 26.2 Å². The van der Waals surface area contributed by atoms with Crippen molar-refractivity contribution in [3.05, 3.63) is 0 Å². The highest BCUT2D eigenvalue weighted by Crippen LogP contribution is 2.37. The third-order valence-corrected chi connectivity index (χ3v) is 5.01. The normalized spacial score (nSPS) is 33.9. The third-order valence-electron chi connectivity index (χ3n) is 5.01. The molecule has 112 valence electrons. The first kappa shape index (κ1) is 15.2. The number of nitrogens with two attached hydrogens (primary N) is 1. The number of hydrogen-bond donors (Lipinski definition) is 2. The van der Waals surface area contributed by atoms with E-state index in [1.807, 2.05) is 0 Å². The summed E-state index contributed by atoms with van der Waals surface area (Å²) in [7, 11) is 0. The highest BCUT2D eigenvalue weighted by atomic mass is 16.5. The molecule has 1 aliphatic carbocycles. The van der Waals surface area contributed by atoms with E-state index in [0.29, 0.717) is 18.6 Å². The van der Waals surface area contributed by atoms with E-state index in [0.717, 1.165) is 64.8 Å². The number of hydrogen-bond acceptors (Lipinski definition) is 4. The molecule has 0 amide bonds. The first-order valence-electron chi connectivity index (χ1n) is 7.94. The van der Waals surface area contributed by atoms with Gasteiger partial charge in [-0.25, -0.2) is 0 Å². The zero-order valence-corrected chi connectivity index (χ0v) is 12.3. The van der Waals surface area contributed by atoms with E-state index in [1.54, 1.807) is 0 Å². The van der Waals surface area contributed by atoms with Gasteiger partial charge < -0.3 is 20.5 Å². The second-order valence-corrected chi connectivity index (χ2v) is 6.18. The fraction of sp³-hybridized carbons (Fsp3) is 1.00. The van der Waals surface area contributed by atoms with Gasteiger partial charge in [-0.05, 0) is 51.5 Å². The molecule has 3 N–H and O–H groups in total. The Labute approximate surface area is 117 Å². The summed E-state index contributed by atoms with van der Waals surface area (Å²) < 4.78 is 5.68. The summed E-state index contributed by atoms with van der Waals surface area (Å²) in [6.45, 7) is 6.70. The van der Waals surface area contributed by atoms with Crippen molar-refractivity contribution >= 4 is 0 Å². The first-order chi connectivity index (χ1) is 9.18. The number of rotatable bonds is 6. The van der Waals surface area contributed by atoms with Crippen LogP contribution in [0.2, 0.25) is 0 Å². The summed E-state index contributed by atoms with van der Waals surface area (Å²) >= 11 is 0. The SMILES string of the molecule is CCOC1CCN(CCC2CCCC2(O)CN)CC1. The number of piperidine rings is 1. The molecule has 1 saturated carbocycles. The average Bonchev–Trinajstić information content (AvgIpc) is 2.80. The van der Waals surface area contributed by atoms with Gasteiger partial charge in [-0.15, -0.1) is 0 Å². The summed E-state index contributed by atoms with van der Waals surface area (Å²) in [5.41, 5.74) is 5.16. The van der Waals surface area contributed by atoms with E-state index in [4.69, 9.17) is 10.5 Å². The van der Waals surface area contributed by atoms with Crippen molar-refractivity contribution in [2.24, 2.45) is 11.7 Å². The maximum atomic E-state index is 10.4. The number of likely N-dealkylation sites (tertiary alicyclic amines) is 1. The Balaban J connectivity index is 1.69. The molecule has 4 heteroatoms. The Kier molecular flexibility index (Phi) is 5.63. The van der Waals surface area contributed by atoms with Crippen LogP contribution in [0, 0.1) is 5.92 Å². The molecule has 0 spiro atoms. The van der Waals surface area contributed by atoms with Gasteiger partial charge in [-0.2, -0.15) is 0 Å². The zero-order valence-electron chi connectivity index (χ0n) is 12.3. The second-order valence-electron chi connectivity index (χ2n) is 6.18. The number of ether oxygens (including phenoxy) is 1. The van der Waals surface area contributed by atoms with Gasteiger partial charge in [0.25, 0.3) is 0 Å². The molecule has 2 fully saturated rings. The molecule has 0 aromatic carbocycles. The molecule has 2 atom stereocenters. The van der Waals surface area contributed by atoms with E-state index < -0.39 is 5.60 Å². The molecule has 0 aromatic heterocycles. The van der Waals surface area contributed by atoms with Crippen LogP contribution in [0.3, 0.4) is 0 Å². The fourth-order valence-electron chi connectivity index (χ4n) is 3.68. The maximum Gasteiger partial charge on any atom is 0.0797 e. The third kappa shape index (κ3) is 3.91. The molecule has 0 bridgehead atoms. The van der Waals surface area contributed by atoms with Crippen LogP contribution in [0.15, 0.2) is 0 Å². The highest BCUT2D eigenvalue weighted by Gasteiger charge is 2.39. The average molecular weight is 270 g/mol. The zero-order chi connectivity index (χ0) is 13.7. The summed E-state index contributed by atoms with van der Waals surface area (Å²) in [4.78, 5) is 2.52. The minimum Gasteiger partial charge on any atom is -0.388 e. The van der Waals surface area contributed by atoms with E-state index in [-0.39, 0.29) is 0 Å². The molecule has 19 heavy (non-hydrogen) atoms. The van der Waals surface area contributed by atoms with Crippen molar-refractivity contribution in [3.8, 4) is 0 Å². The smallest absolute Gasteiger partial charge is 0.0797 e. The van der Waals surface area contributed by atoms with Crippen LogP contribution < -0.4 is 5.73 Å². The quantitative estimate of drug-likeness (QED) is 0.765. The summed E-state index contributed by atoms with van der Waals surface area (Å²) in [5, 5.41) is 10.4. The Morgan fingerprint density at radius 2 is 2.05 bits per heavy atom. The van der Waals surface area contributed by atoms with Crippen LogP contribution >= 0.6 is 0 Å². The number of nitrogens with zero attached hydrogens (tertiary/aromatic N) is 1. The molecule has 1 saturated heterocycles. The van der Waals surface area contributed by atoms with E-state index in [9.17, 15) is 5.11 Å². The molecular formula is C15H30N2O2. The molecule has 4 nitrogen and oxygen atoms in total. The van der Waals surface area contributed by atoms with Crippen molar-refractivity contribution in [2.45, 2.75) is 57.2 Å². The maximum absolute atomic E-state index is 10.4. The monoisotopic (exact) mass is 270 g/mol. The Morgan fingerprint density at radius 1 is 1.32 bits per heavy atom. The first-order valence-corrected chi connectivity index (χ1v) is 7.94. The van der Waals surface area contributed by atoms with Crippen molar-refractivity contribution in [3.63, 3.8) is 0 Å². The lowest BCUT2D eigenvalue weighted by Gasteiger charge is -2.34. The van der Waals surface area contributed by atoms with Crippen molar-refractivity contribution in [2.75, 3.05) is 32.8 Å². The van der Waals surface area contributed by atoms with Gasteiger partial charge in [0.2, 0.25) is 0 Å². The summed E-state index contributed by atoms with van der Waals surface area (Å²) in [5.74, 6) is 0.405. The summed E-state index contributed by atoms with van der Waals surface area (Å²) in [6.07, 6.45) is 7.02. The molecule has 1 aliphatic heterocycles. The van der Waals surface area contributed by atoms with Crippen LogP contribution in [0.5, 0.6) is 0 Å². The Bertz CT molecular complexity index is 267. The van der Waals surface area contributed by atoms with Crippen molar-refractivity contribution in [1.29, 1.82) is 0 Å². The molecular weight excluding hydrogens is 240 g/mol. The Hall–Kier alpha value is -0.160. The Morgan fingerprint density at radius 3 is 2.68 bits per heavy atom. The minimum absolute atomic E-state index is 0.405. The predicted octanol–water partition coefficient (Wildman–Crippen LogP) is 1.37.